The summed E-state index contributed by atoms with van der Waals surface area (Å²) in [6.07, 6.45) is 0. The van der Waals surface area contributed by atoms with E-state index in [1.165, 1.54) is 11.8 Å². The molecule has 1 fully saturated rings. The lowest BCUT2D eigenvalue weighted by molar-refractivity contribution is -0.112. The Kier molecular flexibility index (Phi) is 4.68. The van der Waals surface area contributed by atoms with Crippen LogP contribution in [0.25, 0.3) is 0 Å². The molecule has 4 rings (SSSR count). The topological polar surface area (TPSA) is 29.1 Å². The lowest BCUT2D eigenvalue weighted by Crippen LogP contribution is -2.35. The Morgan fingerprint density at radius 3 is 1.72 bits per heavy atom. The highest BCUT2D eigenvalue weighted by molar-refractivity contribution is 8.14. The molecular weight excluding hydrogens is 326 g/mol. The summed E-state index contributed by atoms with van der Waals surface area (Å²) >= 11 is 1.39. The minimum absolute atomic E-state index is 0.00799. The van der Waals surface area contributed by atoms with Crippen LogP contribution < -0.4 is 5.32 Å². The van der Waals surface area contributed by atoms with E-state index < -0.39 is 0 Å². The number of rotatable bonds is 4. The highest BCUT2D eigenvalue weighted by Gasteiger charge is 2.39. The Morgan fingerprint density at radius 2 is 1.20 bits per heavy atom. The van der Waals surface area contributed by atoms with E-state index in [0.29, 0.717) is 0 Å². The summed E-state index contributed by atoms with van der Waals surface area (Å²) in [5, 5.41) is 3.78. The fraction of sp³-hybridized carbons (Fsp3) is 0.136. The fourth-order valence-corrected chi connectivity index (χ4v) is 4.47. The zero-order valence-electron chi connectivity index (χ0n) is 13.7. The lowest BCUT2D eigenvalue weighted by atomic mass is 9.85. The zero-order valence-corrected chi connectivity index (χ0v) is 14.5. The monoisotopic (exact) mass is 345 g/mol. The van der Waals surface area contributed by atoms with Crippen LogP contribution in [0.3, 0.4) is 0 Å². The summed E-state index contributed by atoms with van der Waals surface area (Å²) in [6.45, 7) is 0. The number of carbonyl (C=O) groups excluding carboxylic acids is 1. The molecule has 3 aromatic rings. The minimum atomic E-state index is -0.236. The molecule has 3 aromatic carbocycles. The highest BCUT2D eigenvalue weighted by atomic mass is 32.2. The summed E-state index contributed by atoms with van der Waals surface area (Å²) < 4.78 is 0. The molecule has 0 spiro atoms. The van der Waals surface area contributed by atoms with Gasteiger partial charge in [0.05, 0.1) is 11.4 Å². The Morgan fingerprint density at radius 1 is 0.720 bits per heavy atom. The number of benzene rings is 3. The van der Waals surface area contributed by atoms with Crippen molar-refractivity contribution in [3.05, 3.63) is 108 Å². The first-order valence-electron chi connectivity index (χ1n) is 8.44. The fourth-order valence-electron chi connectivity index (χ4n) is 3.38. The molecule has 1 aliphatic heterocycles. The summed E-state index contributed by atoms with van der Waals surface area (Å²) in [4.78, 5) is 12.8. The van der Waals surface area contributed by atoms with Crippen molar-refractivity contribution < 1.29 is 4.79 Å². The van der Waals surface area contributed by atoms with Gasteiger partial charge in [-0.25, -0.2) is 0 Å². The molecule has 0 saturated carbocycles. The van der Waals surface area contributed by atoms with Gasteiger partial charge in [-0.05, 0) is 16.7 Å². The van der Waals surface area contributed by atoms with Crippen LogP contribution in [0.4, 0.5) is 0 Å². The highest BCUT2D eigenvalue weighted by Crippen LogP contribution is 2.40. The van der Waals surface area contributed by atoms with Crippen molar-refractivity contribution in [2.24, 2.45) is 0 Å². The first-order chi connectivity index (χ1) is 12.3. The van der Waals surface area contributed by atoms with E-state index in [1.54, 1.807) is 0 Å². The Bertz CT molecular complexity index is 796. The van der Waals surface area contributed by atoms with Gasteiger partial charge in [-0.2, -0.15) is 0 Å². The van der Waals surface area contributed by atoms with Gasteiger partial charge >= 0.3 is 0 Å². The number of carbonyl (C=O) groups is 1. The number of thioether (sulfide) groups is 1. The number of nitrogens with one attached hydrogen (secondary N) is 1. The van der Waals surface area contributed by atoms with Gasteiger partial charge in [-0.15, -0.1) is 0 Å². The molecule has 2 atom stereocenters. The molecule has 0 bridgehead atoms. The SMILES string of the molecule is O=C1SC(c2ccccc2)NC1C(c1ccccc1)c1ccccc1. The van der Waals surface area contributed by atoms with Crippen LogP contribution in [0.1, 0.15) is 28.0 Å². The third-order valence-corrected chi connectivity index (χ3v) is 5.70. The molecule has 1 heterocycles. The molecule has 0 amide bonds. The Balaban J connectivity index is 1.69. The number of hydrogen-bond donors (Lipinski definition) is 1. The van der Waals surface area contributed by atoms with Crippen LogP contribution in [0.2, 0.25) is 0 Å². The Labute approximate surface area is 152 Å². The van der Waals surface area contributed by atoms with Gasteiger partial charge < -0.3 is 0 Å². The van der Waals surface area contributed by atoms with Crippen LogP contribution in [0, 0.1) is 0 Å². The molecule has 25 heavy (non-hydrogen) atoms. The van der Waals surface area contributed by atoms with Crippen molar-refractivity contribution >= 4 is 16.9 Å². The summed E-state index contributed by atoms with van der Waals surface area (Å²) in [5.41, 5.74) is 3.46. The second-order valence-corrected chi connectivity index (χ2v) is 7.28. The first-order valence-corrected chi connectivity index (χ1v) is 9.32. The maximum Gasteiger partial charge on any atom is 0.208 e. The predicted octanol–water partition coefficient (Wildman–Crippen LogP) is 4.75. The van der Waals surface area contributed by atoms with Crippen molar-refractivity contribution in [2.75, 3.05) is 0 Å². The smallest absolute Gasteiger partial charge is 0.208 e. The molecule has 2 nitrogen and oxygen atoms in total. The van der Waals surface area contributed by atoms with Gasteiger partial charge in [-0.3, -0.25) is 10.1 Å². The molecule has 1 aliphatic rings. The molecule has 0 radical (unpaired) electrons. The van der Waals surface area contributed by atoms with Crippen LogP contribution >= 0.6 is 11.8 Å². The van der Waals surface area contributed by atoms with E-state index in [0.717, 1.165) is 16.7 Å². The van der Waals surface area contributed by atoms with Crippen molar-refractivity contribution in [3.8, 4) is 0 Å². The van der Waals surface area contributed by atoms with Crippen molar-refractivity contribution in [3.63, 3.8) is 0 Å². The maximum atomic E-state index is 12.8. The standard InChI is InChI=1S/C22H19NOS/c24-22-20(23-21(25-22)18-14-8-3-9-15-18)19(16-10-4-1-5-11-16)17-12-6-2-7-13-17/h1-15,19-21,23H. The number of hydrogen-bond acceptors (Lipinski definition) is 3. The molecule has 1 saturated heterocycles. The van der Waals surface area contributed by atoms with Gasteiger partial charge in [0.2, 0.25) is 5.12 Å². The van der Waals surface area contributed by atoms with E-state index in [1.807, 2.05) is 54.6 Å². The van der Waals surface area contributed by atoms with E-state index in [2.05, 4.69) is 41.7 Å². The largest absolute Gasteiger partial charge is 0.290 e. The van der Waals surface area contributed by atoms with E-state index >= 15 is 0 Å². The Hall–Kier alpha value is -2.36. The van der Waals surface area contributed by atoms with Gasteiger partial charge in [-0.1, -0.05) is 103 Å². The molecular formula is C22H19NOS. The average molecular weight is 345 g/mol. The predicted molar refractivity (Wildman–Crippen MR) is 103 cm³/mol. The summed E-state index contributed by atoms with van der Waals surface area (Å²) in [5.74, 6) is 0.0103. The molecule has 2 unspecified atom stereocenters. The van der Waals surface area contributed by atoms with E-state index in [-0.39, 0.29) is 22.4 Å². The maximum absolute atomic E-state index is 12.8. The summed E-state index contributed by atoms with van der Waals surface area (Å²) in [7, 11) is 0. The minimum Gasteiger partial charge on any atom is -0.290 e. The van der Waals surface area contributed by atoms with Crippen LogP contribution in [0.5, 0.6) is 0 Å². The second-order valence-electron chi connectivity index (χ2n) is 6.17. The quantitative estimate of drug-likeness (QED) is 0.740. The van der Waals surface area contributed by atoms with Gasteiger partial charge in [0.15, 0.2) is 0 Å². The third-order valence-electron chi connectivity index (χ3n) is 4.57. The van der Waals surface area contributed by atoms with E-state index in [4.69, 9.17) is 0 Å². The third kappa shape index (κ3) is 3.39. The van der Waals surface area contributed by atoms with Crippen LogP contribution in [-0.2, 0) is 4.79 Å². The molecule has 3 heteroatoms. The first kappa shape index (κ1) is 16.1. The van der Waals surface area contributed by atoms with Crippen LogP contribution in [0.15, 0.2) is 91.0 Å². The molecule has 1 N–H and O–H groups in total. The van der Waals surface area contributed by atoms with Gasteiger partial charge in [0.1, 0.15) is 0 Å². The zero-order chi connectivity index (χ0) is 17.1. The normalized spacial score (nSPS) is 20.1. The molecule has 124 valence electrons. The van der Waals surface area contributed by atoms with Crippen molar-refractivity contribution in [1.82, 2.24) is 5.32 Å². The van der Waals surface area contributed by atoms with E-state index in [9.17, 15) is 4.79 Å². The van der Waals surface area contributed by atoms with Crippen LogP contribution in [-0.4, -0.2) is 11.2 Å². The van der Waals surface area contributed by atoms with Crippen molar-refractivity contribution in [1.29, 1.82) is 0 Å². The second kappa shape index (κ2) is 7.26. The average Bonchev–Trinajstić information content (AvgIpc) is 3.06. The molecule has 0 aromatic heterocycles. The summed E-state index contributed by atoms with van der Waals surface area (Å²) in [6, 6.07) is 30.5. The lowest BCUT2D eigenvalue weighted by Gasteiger charge is -2.24. The molecule has 0 aliphatic carbocycles. The van der Waals surface area contributed by atoms with Gasteiger partial charge in [0, 0.05) is 5.92 Å². The van der Waals surface area contributed by atoms with Crippen molar-refractivity contribution in [2.45, 2.75) is 17.3 Å². The van der Waals surface area contributed by atoms with Gasteiger partial charge in [0.25, 0.3) is 0 Å².